The number of benzene rings is 2. The van der Waals surface area contributed by atoms with Crippen LogP contribution in [0.25, 0.3) is 10.2 Å². The molecule has 0 bridgehead atoms. The monoisotopic (exact) mass is 365 g/mol. The molecule has 26 heavy (non-hydrogen) atoms. The second-order valence-electron chi connectivity index (χ2n) is 7.06. The largest absolute Gasteiger partial charge is 0.347 e. The maximum absolute atomic E-state index is 12.8. The number of amides is 1. The number of thiazole rings is 1. The Bertz CT molecular complexity index is 916. The van der Waals surface area contributed by atoms with E-state index in [1.165, 1.54) is 4.70 Å². The van der Waals surface area contributed by atoms with Crippen LogP contribution in [-0.2, 0) is 4.79 Å². The van der Waals surface area contributed by atoms with Gasteiger partial charge in [-0.1, -0.05) is 35.6 Å². The van der Waals surface area contributed by atoms with Gasteiger partial charge in [-0.05, 0) is 56.0 Å². The summed E-state index contributed by atoms with van der Waals surface area (Å²) in [4.78, 5) is 19.8. The number of hydrogen-bond acceptors (Lipinski definition) is 4. The van der Waals surface area contributed by atoms with E-state index in [0.29, 0.717) is 0 Å². The van der Waals surface area contributed by atoms with E-state index < -0.39 is 0 Å². The number of rotatable bonds is 3. The van der Waals surface area contributed by atoms with Gasteiger partial charge in [0.2, 0.25) is 5.91 Å². The zero-order chi connectivity index (χ0) is 18.1. The molecule has 0 saturated carbocycles. The first-order valence-corrected chi connectivity index (χ1v) is 9.90. The van der Waals surface area contributed by atoms with Crippen molar-refractivity contribution in [1.82, 2.24) is 4.98 Å². The lowest BCUT2D eigenvalue weighted by molar-refractivity contribution is -0.120. The first kappa shape index (κ1) is 17.0. The third-order valence-electron chi connectivity index (χ3n) is 5.00. The van der Waals surface area contributed by atoms with Gasteiger partial charge < -0.3 is 10.2 Å². The first-order chi connectivity index (χ1) is 12.6. The molecule has 4 rings (SSSR count). The fourth-order valence-corrected chi connectivity index (χ4v) is 4.47. The molecule has 5 heteroatoms. The number of fused-ring (bicyclic) bond motifs is 1. The van der Waals surface area contributed by atoms with Crippen molar-refractivity contribution in [2.75, 3.05) is 23.3 Å². The summed E-state index contributed by atoms with van der Waals surface area (Å²) in [6.07, 6.45) is 1.94. The highest BCUT2D eigenvalue weighted by molar-refractivity contribution is 7.22. The maximum atomic E-state index is 12.8. The fraction of sp³-hybridized carbons (Fsp3) is 0.333. The molecule has 4 nitrogen and oxygen atoms in total. The topological polar surface area (TPSA) is 45.2 Å². The van der Waals surface area contributed by atoms with Crippen LogP contribution in [0.3, 0.4) is 0 Å². The average molecular weight is 366 g/mol. The highest BCUT2D eigenvalue weighted by Gasteiger charge is 2.27. The molecule has 0 radical (unpaired) electrons. The number of aromatic nitrogens is 1. The number of carbonyl (C=O) groups excluding carboxylic acids is 1. The Morgan fingerprint density at radius 2 is 2.08 bits per heavy atom. The Hall–Kier alpha value is -2.40. The van der Waals surface area contributed by atoms with Gasteiger partial charge in [-0.15, -0.1) is 0 Å². The highest BCUT2D eigenvalue weighted by Crippen LogP contribution is 2.31. The van der Waals surface area contributed by atoms with Gasteiger partial charge >= 0.3 is 0 Å². The third kappa shape index (κ3) is 3.44. The second-order valence-corrected chi connectivity index (χ2v) is 8.07. The van der Waals surface area contributed by atoms with Gasteiger partial charge in [-0.25, -0.2) is 4.98 Å². The van der Waals surface area contributed by atoms with Crippen LogP contribution in [0.2, 0.25) is 0 Å². The van der Waals surface area contributed by atoms with E-state index >= 15 is 0 Å². The van der Waals surface area contributed by atoms with E-state index in [1.54, 1.807) is 11.3 Å². The zero-order valence-electron chi connectivity index (χ0n) is 15.2. The van der Waals surface area contributed by atoms with Gasteiger partial charge in [-0.2, -0.15) is 0 Å². The summed E-state index contributed by atoms with van der Waals surface area (Å²) in [6, 6.07) is 14.4. The third-order valence-corrected chi connectivity index (χ3v) is 6.09. The van der Waals surface area contributed by atoms with Crippen LogP contribution >= 0.6 is 11.3 Å². The number of piperidine rings is 1. The molecule has 1 aliphatic rings. The minimum Gasteiger partial charge on any atom is -0.347 e. The average Bonchev–Trinajstić information content (AvgIpc) is 3.09. The maximum Gasteiger partial charge on any atom is 0.229 e. The fourth-order valence-electron chi connectivity index (χ4n) is 3.47. The van der Waals surface area contributed by atoms with Crippen molar-refractivity contribution in [1.29, 1.82) is 0 Å². The standard InChI is InChI=1S/C21H23N3OS/c1-14-9-10-15(2)18(12-14)22-20(25)16-6-5-11-24(13-16)21-23-17-7-3-4-8-19(17)26-21/h3-4,7-10,12,16H,5-6,11,13H2,1-2H3,(H,22,25)/t16-/m0/s1. The van der Waals surface area contributed by atoms with Crippen molar-refractivity contribution in [3.8, 4) is 0 Å². The van der Waals surface area contributed by atoms with Gasteiger partial charge in [0.15, 0.2) is 5.13 Å². The van der Waals surface area contributed by atoms with E-state index in [2.05, 4.69) is 28.4 Å². The van der Waals surface area contributed by atoms with E-state index in [4.69, 9.17) is 4.98 Å². The number of carbonyl (C=O) groups is 1. The van der Waals surface area contributed by atoms with Gasteiger partial charge in [0.05, 0.1) is 16.1 Å². The van der Waals surface area contributed by atoms with Crippen LogP contribution in [0.1, 0.15) is 24.0 Å². The van der Waals surface area contributed by atoms with Crippen LogP contribution in [0.4, 0.5) is 10.8 Å². The van der Waals surface area contributed by atoms with E-state index in [0.717, 1.165) is 53.4 Å². The minimum absolute atomic E-state index is 0.00401. The summed E-state index contributed by atoms with van der Waals surface area (Å²) >= 11 is 1.71. The van der Waals surface area contributed by atoms with Gasteiger partial charge in [0.25, 0.3) is 0 Å². The summed E-state index contributed by atoms with van der Waals surface area (Å²) in [5, 5.41) is 4.16. The SMILES string of the molecule is Cc1ccc(C)c(NC(=O)[C@H]2CCCN(c3nc4ccccc4s3)C2)c1. The Morgan fingerprint density at radius 3 is 2.92 bits per heavy atom. The normalized spacial score (nSPS) is 17.5. The Labute approximate surface area is 157 Å². The van der Waals surface area contributed by atoms with E-state index in [1.807, 2.05) is 38.1 Å². The van der Waals surface area contributed by atoms with Crippen molar-refractivity contribution in [2.24, 2.45) is 5.92 Å². The summed E-state index contributed by atoms with van der Waals surface area (Å²) in [7, 11) is 0. The van der Waals surface area contributed by atoms with Crippen molar-refractivity contribution in [2.45, 2.75) is 26.7 Å². The molecule has 1 atom stereocenters. The van der Waals surface area contributed by atoms with Crippen LogP contribution in [0.15, 0.2) is 42.5 Å². The molecule has 2 heterocycles. The molecule has 1 N–H and O–H groups in total. The minimum atomic E-state index is -0.00401. The summed E-state index contributed by atoms with van der Waals surface area (Å²) in [5.41, 5.74) is 4.22. The summed E-state index contributed by atoms with van der Waals surface area (Å²) in [6.45, 7) is 5.78. The molecule has 1 fully saturated rings. The molecule has 1 saturated heterocycles. The predicted molar refractivity (Wildman–Crippen MR) is 109 cm³/mol. The van der Waals surface area contributed by atoms with Crippen molar-refractivity contribution >= 4 is 38.3 Å². The smallest absolute Gasteiger partial charge is 0.229 e. The molecule has 0 aliphatic carbocycles. The van der Waals surface area contributed by atoms with Crippen LogP contribution in [0.5, 0.6) is 0 Å². The Balaban J connectivity index is 1.49. The van der Waals surface area contributed by atoms with Crippen LogP contribution in [0, 0.1) is 19.8 Å². The second kappa shape index (κ2) is 7.08. The van der Waals surface area contributed by atoms with Crippen molar-refractivity contribution < 1.29 is 4.79 Å². The number of aryl methyl sites for hydroxylation is 2. The number of para-hydroxylation sites is 1. The van der Waals surface area contributed by atoms with Crippen LogP contribution in [-0.4, -0.2) is 24.0 Å². The van der Waals surface area contributed by atoms with Gasteiger partial charge in [-0.3, -0.25) is 4.79 Å². The lowest BCUT2D eigenvalue weighted by atomic mass is 9.97. The lowest BCUT2D eigenvalue weighted by Gasteiger charge is -2.31. The molecule has 1 aromatic heterocycles. The Kier molecular flexibility index (Phi) is 4.64. The lowest BCUT2D eigenvalue weighted by Crippen LogP contribution is -2.40. The number of anilines is 2. The number of nitrogens with one attached hydrogen (secondary N) is 1. The summed E-state index contributed by atoms with van der Waals surface area (Å²) < 4.78 is 1.20. The van der Waals surface area contributed by atoms with Crippen LogP contribution < -0.4 is 10.2 Å². The molecular formula is C21H23N3OS. The highest BCUT2D eigenvalue weighted by atomic mass is 32.1. The molecule has 2 aromatic carbocycles. The Morgan fingerprint density at radius 1 is 1.23 bits per heavy atom. The number of hydrogen-bond donors (Lipinski definition) is 1. The molecule has 0 unspecified atom stereocenters. The zero-order valence-corrected chi connectivity index (χ0v) is 16.0. The molecule has 3 aromatic rings. The first-order valence-electron chi connectivity index (χ1n) is 9.09. The quantitative estimate of drug-likeness (QED) is 0.727. The van der Waals surface area contributed by atoms with Gasteiger partial charge in [0.1, 0.15) is 0 Å². The molecule has 1 aliphatic heterocycles. The van der Waals surface area contributed by atoms with Crippen molar-refractivity contribution in [3.63, 3.8) is 0 Å². The molecule has 0 spiro atoms. The number of nitrogens with zero attached hydrogens (tertiary/aromatic N) is 2. The summed E-state index contributed by atoms with van der Waals surface area (Å²) in [5.74, 6) is 0.111. The van der Waals surface area contributed by atoms with Gasteiger partial charge in [0, 0.05) is 18.8 Å². The molecular weight excluding hydrogens is 342 g/mol. The molecule has 134 valence electrons. The van der Waals surface area contributed by atoms with E-state index in [-0.39, 0.29) is 11.8 Å². The van der Waals surface area contributed by atoms with Crippen molar-refractivity contribution in [3.05, 3.63) is 53.6 Å². The predicted octanol–water partition coefficient (Wildman–Crippen LogP) is 4.77. The molecule has 1 amide bonds. The van der Waals surface area contributed by atoms with E-state index in [9.17, 15) is 4.79 Å².